The Morgan fingerprint density at radius 1 is 1.17 bits per heavy atom. The molecule has 0 fully saturated rings. The van der Waals surface area contributed by atoms with Gasteiger partial charge in [-0.2, -0.15) is 0 Å². The predicted octanol–water partition coefficient (Wildman–Crippen LogP) is 3.34. The number of nitrogens with one attached hydrogen (secondary N) is 3. The molecule has 0 saturated heterocycles. The number of halogens is 1. The molecule has 1 amide bonds. The monoisotopic (exact) mass is 434 g/mol. The van der Waals surface area contributed by atoms with Crippen LogP contribution in [-0.2, 0) is 11.3 Å². The summed E-state index contributed by atoms with van der Waals surface area (Å²) in [6, 6.07) is 7.57. The quantitative estimate of drug-likeness (QED) is 0.266. The van der Waals surface area contributed by atoms with Crippen molar-refractivity contribution in [2.45, 2.75) is 32.7 Å². The van der Waals surface area contributed by atoms with E-state index >= 15 is 0 Å². The first-order valence-electron chi connectivity index (χ1n) is 7.58. The predicted molar refractivity (Wildman–Crippen MR) is 106 cm³/mol. The van der Waals surface area contributed by atoms with Crippen LogP contribution in [0.25, 0.3) is 0 Å². The topological polar surface area (TPSA) is 74.8 Å². The average Bonchev–Trinajstić information content (AvgIpc) is 2.55. The first kappa shape index (κ1) is 21.5. The van der Waals surface area contributed by atoms with E-state index in [1.165, 1.54) is 20.0 Å². The van der Waals surface area contributed by atoms with Gasteiger partial charge in [0.15, 0.2) is 5.96 Å². The first-order valence-corrected chi connectivity index (χ1v) is 7.58. The molecule has 6 nitrogen and oxygen atoms in total. The Kier molecular flexibility index (Phi) is 12.1. The lowest BCUT2D eigenvalue weighted by Crippen LogP contribution is -2.37. The minimum absolute atomic E-state index is 0. The molecular weight excluding hydrogens is 407 g/mol. The van der Waals surface area contributed by atoms with Gasteiger partial charge in [-0.3, -0.25) is 10.3 Å². The van der Waals surface area contributed by atoms with Gasteiger partial charge in [0.05, 0.1) is 7.11 Å². The van der Waals surface area contributed by atoms with Crippen LogP contribution >= 0.6 is 24.0 Å². The number of benzene rings is 1. The van der Waals surface area contributed by atoms with Crippen molar-refractivity contribution in [3.05, 3.63) is 29.8 Å². The van der Waals surface area contributed by atoms with Crippen molar-refractivity contribution in [3.8, 4) is 0 Å². The number of carbonyl (C=O) groups excluding carboxylic acids is 1. The summed E-state index contributed by atoms with van der Waals surface area (Å²) in [4.78, 5) is 15.3. The molecule has 0 saturated carbocycles. The molecule has 0 aromatic heterocycles. The summed E-state index contributed by atoms with van der Waals surface area (Å²) < 4.78 is 4.55. The van der Waals surface area contributed by atoms with Crippen molar-refractivity contribution in [2.24, 2.45) is 4.99 Å². The van der Waals surface area contributed by atoms with Crippen LogP contribution in [0.3, 0.4) is 0 Å². The highest BCUT2D eigenvalue weighted by Gasteiger charge is 2.01. The van der Waals surface area contributed by atoms with Gasteiger partial charge in [-0.05, 0) is 24.1 Å². The maximum atomic E-state index is 11.1. The Bertz CT molecular complexity index is 477. The number of ether oxygens (including phenoxy) is 1. The fraction of sp³-hybridized carbons (Fsp3) is 0.500. The summed E-state index contributed by atoms with van der Waals surface area (Å²) in [6.07, 6.45) is 3.10. The SMILES string of the molecule is CCCCCNC(=NC)NCc1ccc(NC(=O)OC)cc1.I. The summed E-state index contributed by atoms with van der Waals surface area (Å²) in [5, 5.41) is 9.16. The fourth-order valence-electron chi connectivity index (χ4n) is 1.86. The van der Waals surface area contributed by atoms with Gasteiger partial charge in [0.1, 0.15) is 0 Å². The van der Waals surface area contributed by atoms with Crippen LogP contribution < -0.4 is 16.0 Å². The lowest BCUT2D eigenvalue weighted by Gasteiger charge is -2.12. The highest BCUT2D eigenvalue weighted by molar-refractivity contribution is 14.0. The van der Waals surface area contributed by atoms with Crippen molar-refractivity contribution in [3.63, 3.8) is 0 Å². The molecule has 0 radical (unpaired) electrons. The maximum Gasteiger partial charge on any atom is 0.411 e. The van der Waals surface area contributed by atoms with E-state index in [4.69, 9.17) is 0 Å². The van der Waals surface area contributed by atoms with E-state index in [0.29, 0.717) is 12.2 Å². The van der Waals surface area contributed by atoms with Gasteiger partial charge >= 0.3 is 6.09 Å². The van der Waals surface area contributed by atoms with Crippen LogP contribution in [0.2, 0.25) is 0 Å². The number of hydrogen-bond donors (Lipinski definition) is 3. The van der Waals surface area contributed by atoms with Crippen molar-refractivity contribution >= 4 is 41.7 Å². The van der Waals surface area contributed by atoms with Gasteiger partial charge in [-0.15, -0.1) is 24.0 Å². The number of amides is 1. The Balaban J connectivity index is 0.00000484. The molecule has 0 bridgehead atoms. The molecule has 1 aromatic carbocycles. The Morgan fingerprint density at radius 3 is 2.43 bits per heavy atom. The Labute approximate surface area is 155 Å². The van der Waals surface area contributed by atoms with E-state index in [2.05, 4.69) is 32.6 Å². The molecule has 0 aliphatic heterocycles. The zero-order valence-corrected chi connectivity index (χ0v) is 16.3. The van der Waals surface area contributed by atoms with Crippen molar-refractivity contribution < 1.29 is 9.53 Å². The molecule has 3 N–H and O–H groups in total. The number of anilines is 1. The Hall–Kier alpha value is -1.51. The molecule has 0 aliphatic rings. The molecular formula is C16H27IN4O2. The van der Waals surface area contributed by atoms with Crippen LogP contribution in [0.1, 0.15) is 31.7 Å². The molecule has 0 atom stereocenters. The molecule has 0 heterocycles. The summed E-state index contributed by atoms with van der Waals surface area (Å²) in [6.45, 7) is 3.78. The van der Waals surface area contributed by atoms with E-state index < -0.39 is 6.09 Å². The van der Waals surface area contributed by atoms with Crippen LogP contribution in [-0.4, -0.2) is 32.8 Å². The third-order valence-corrected chi connectivity index (χ3v) is 3.14. The van der Waals surface area contributed by atoms with E-state index in [1.54, 1.807) is 7.05 Å². The third-order valence-electron chi connectivity index (χ3n) is 3.14. The molecule has 0 spiro atoms. The second-order valence-electron chi connectivity index (χ2n) is 4.87. The molecule has 130 valence electrons. The molecule has 1 aromatic rings. The van der Waals surface area contributed by atoms with Crippen LogP contribution in [0.4, 0.5) is 10.5 Å². The normalized spacial score (nSPS) is 10.5. The van der Waals surface area contributed by atoms with Crippen molar-refractivity contribution in [2.75, 3.05) is 26.0 Å². The number of unbranched alkanes of at least 4 members (excludes halogenated alkanes) is 2. The largest absolute Gasteiger partial charge is 0.453 e. The number of guanidine groups is 1. The molecule has 7 heteroatoms. The van der Waals surface area contributed by atoms with E-state index in [9.17, 15) is 4.79 Å². The number of hydrogen-bond acceptors (Lipinski definition) is 3. The van der Waals surface area contributed by atoms with E-state index in [-0.39, 0.29) is 24.0 Å². The minimum Gasteiger partial charge on any atom is -0.453 e. The highest BCUT2D eigenvalue weighted by atomic mass is 127. The van der Waals surface area contributed by atoms with Crippen LogP contribution in [0.5, 0.6) is 0 Å². The van der Waals surface area contributed by atoms with Gasteiger partial charge in [-0.25, -0.2) is 4.79 Å². The van der Waals surface area contributed by atoms with Gasteiger partial charge in [0.25, 0.3) is 0 Å². The average molecular weight is 434 g/mol. The van der Waals surface area contributed by atoms with E-state index in [1.807, 2.05) is 24.3 Å². The second kappa shape index (κ2) is 13.0. The summed E-state index contributed by atoms with van der Waals surface area (Å²) in [7, 11) is 3.10. The summed E-state index contributed by atoms with van der Waals surface area (Å²) in [5.41, 5.74) is 1.81. The standard InChI is InChI=1S/C16H26N4O2.HI/c1-4-5-6-11-18-15(17-2)19-12-13-7-9-14(10-8-13)20-16(21)22-3;/h7-10H,4-6,11-12H2,1-3H3,(H,20,21)(H2,17,18,19);1H. The number of aliphatic imine (C=N–C) groups is 1. The molecule has 0 unspecified atom stereocenters. The number of carbonyl (C=O) groups is 1. The van der Waals surface area contributed by atoms with Gasteiger partial charge in [0.2, 0.25) is 0 Å². The molecule has 23 heavy (non-hydrogen) atoms. The number of rotatable bonds is 7. The van der Waals surface area contributed by atoms with Gasteiger partial charge in [0, 0.05) is 25.8 Å². The van der Waals surface area contributed by atoms with Crippen LogP contribution in [0.15, 0.2) is 29.3 Å². The number of nitrogens with zero attached hydrogens (tertiary/aromatic N) is 1. The molecule has 1 rings (SSSR count). The summed E-state index contributed by atoms with van der Waals surface area (Å²) in [5.74, 6) is 0.799. The zero-order chi connectivity index (χ0) is 16.2. The number of methoxy groups -OCH3 is 1. The van der Waals surface area contributed by atoms with Gasteiger partial charge < -0.3 is 15.4 Å². The second-order valence-corrected chi connectivity index (χ2v) is 4.87. The smallest absolute Gasteiger partial charge is 0.411 e. The molecule has 0 aliphatic carbocycles. The lowest BCUT2D eigenvalue weighted by atomic mass is 10.2. The van der Waals surface area contributed by atoms with Crippen molar-refractivity contribution in [1.82, 2.24) is 10.6 Å². The lowest BCUT2D eigenvalue weighted by molar-refractivity contribution is 0.187. The summed E-state index contributed by atoms with van der Waals surface area (Å²) >= 11 is 0. The maximum absolute atomic E-state index is 11.1. The fourth-order valence-corrected chi connectivity index (χ4v) is 1.86. The minimum atomic E-state index is -0.470. The third kappa shape index (κ3) is 9.27. The van der Waals surface area contributed by atoms with Gasteiger partial charge in [-0.1, -0.05) is 31.9 Å². The zero-order valence-electron chi connectivity index (χ0n) is 14.0. The van der Waals surface area contributed by atoms with Crippen molar-refractivity contribution in [1.29, 1.82) is 0 Å². The van der Waals surface area contributed by atoms with Crippen LogP contribution in [0, 0.1) is 0 Å². The van der Waals surface area contributed by atoms with E-state index in [0.717, 1.165) is 24.5 Å². The highest BCUT2D eigenvalue weighted by Crippen LogP contribution is 2.09. The Morgan fingerprint density at radius 2 is 1.87 bits per heavy atom. The first-order chi connectivity index (χ1) is 10.7.